The molecule has 1 heterocycles. The van der Waals surface area contributed by atoms with Crippen molar-refractivity contribution in [2.45, 2.75) is 0 Å². The highest BCUT2D eigenvalue weighted by molar-refractivity contribution is 6.30. The summed E-state index contributed by atoms with van der Waals surface area (Å²) in [7, 11) is 0. The van der Waals surface area contributed by atoms with Gasteiger partial charge in [-0.1, -0.05) is 35.9 Å². The molecule has 0 atom stereocenters. The Labute approximate surface area is 116 Å². The van der Waals surface area contributed by atoms with Crippen molar-refractivity contribution in [3.05, 3.63) is 65.8 Å². The van der Waals surface area contributed by atoms with Crippen LogP contribution in [0.15, 0.2) is 60.8 Å². The van der Waals surface area contributed by atoms with Crippen molar-refractivity contribution in [3.63, 3.8) is 0 Å². The first-order valence-electron chi connectivity index (χ1n) is 5.69. The number of anilines is 2. The van der Waals surface area contributed by atoms with Crippen LogP contribution in [0.2, 0.25) is 5.02 Å². The Kier molecular flexibility index (Phi) is 4.00. The third kappa shape index (κ3) is 2.84. The molecule has 19 heavy (non-hydrogen) atoms. The number of fused-ring (bicyclic) bond motifs is 1. The van der Waals surface area contributed by atoms with Gasteiger partial charge in [0.2, 0.25) is 0 Å². The lowest BCUT2D eigenvalue weighted by Gasteiger charge is -2.08. The van der Waals surface area contributed by atoms with Crippen LogP contribution in [-0.4, -0.2) is 10.5 Å². The van der Waals surface area contributed by atoms with Crippen molar-refractivity contribution < 1.29 is 5.48 Å². The first-order valence-corrected chi connectivity index (χ1v) is 6.07. The zero-order valence-electron chi connectivity index (χ0n) is 10.1. The third-order valence-electron chi connectivity index (χ3n) is 2.78. The Hall–Kier alpha value is -2.10. The lowest BCUT2D eigenvalue weighted by Crippen LogP contribution is -1.93. The average Bonchev–Trinajstić information content (AvgIpc) is 2.42. The highest BCUT2D eigenvalue weighted by Gasteiger charge is 2.01. The van der Waals surface area contributed by atoms with Gasteiger partial charge in [0.05, 0.1) is 0 Å². The molecule has 0 unspecified atom stereocenters. The number of aromatic nitrogens is 1. The first-order chi connectivity index (χ1) is 8.83. The van der Waals surface area contributed by atoms with Crippen molar-refractivity contribution in [2.24, 2.45) is 0 Å². The minimum atomic E-state index is 0. The molecule has 0 saturated carbocycles. The van der Waals surface area contributed by atoms with Crippen molar-refractivity contribution in [1.29, 1.82) is 0 Å². The quantitative estimate of drug-likeness (QED) is 0.771. The predicted molar refractivity (Wildman–Crippen MR) is 80.1 cm³/mol. The van der Waals surface area contributed by atoms with E-state index >= 15 is 0 Å². The van der Waals surface area contributed by atoms with E-state index in [0.717, 1.165) is 21.9 Å². The molecule has 0 spiro atoms. The average molecular weight is 273 g/mol. The number of nitrogens with zero attached hydrogens (tertiary/aromatic N) is 1. The molecule has 0 aliphatic carbocycles. The van der Waals surface area contributed by atoms with E-state index in [2.05, 4.69) is 22.4 Å². The number of halogens is 1. The molecule has 0 amide bonds. The summed E-state index contributed by atoms with van der Waals surface area (Å²) >= 11 is 5.87. The number of hydrogen-bond donors (Lipinski definition) is 1. The molecule has 2 aromatic carbocycles. The lowest BCUT2D eigenvalue weighted by molar-refractivity contribution is 0.824. The Morgan fingerprint density at radius 3 is 2.42 bits per heavy atom. The summed E-state index contributed by atoms with van der Waals surface area (Å²) in [6.07, 6.45) is 1.81. The predicted octanol–water partition coefficient (Wildman–Crippen LogP) is 3.81. The molecule has 3 nitrogen and oxygen atoms in total. The molecule has 0 saturated heterocycles. The number of benzene rings is 2. The van der Waals surface area contributed by atoms with E-state index in [1.165, 1.54) is 5.39 Å². The van der Waals surface area contributed by atoms with E-state index in [9.17, 15) is 0 Å². The number of hydrogen-bond acceptors (Lipinski definition) is 2. The molecule has 3 N–H and O–H groups in total. The minimum absolute atomic E-state index is 0. The van der Waals surface area contributed by atoms with Crippen LogP contribution in [0.4, 0.5) is 11.5 Å². The largest absolute Gasteiger partial charge is 0.412 e. The topological polar surface area (TPSA) is 56.4 Å². The van der Waals surface area contributed by atoms with Crippen molar-refractivity contribution in [2.75, 3.05) is 5.32 Å². The van der Waals surface area contributed by atoms with E-state index < -0.39 is 0 Å². The maximum absolute atomic E-state index is 5.87. The Morgan fingerprint density at radius 2 is 1.63 bits per heavy atom. The van der Waals surface area contributed by atoms with Gasteiger partial charge >= 0.3 is 0 Å². The Balaban J connectivity index is 0.00000133. The normalized spacial score (nSPS) is 9.95. The van der Waals surface area contributed by atoms with Gasteiger partial charge in [-0.25, -0.2) is 4.98 Å². The van der Waals surface area contributed by atoms with Crippen molar-refractivity contribution in [1.82, 2.24) is 4.98 Å². The Morgan fingerprint density at radius 1 is 0.895 bits per heavy atom. The van der Waals surface area contributed by atoms with Gasteiger partial charge in [-0.15, -0.1) is 0 Å². The van der Waals surface area contributed by atoms with Gasteiger partial charge in [0.15, 0.2) is 0 Å². The second-order valence-corrected chi connectivity index (χ2v) is 4.45. The van der Waals surface area contributed by atoms with Crippen LogP contribution in [0, 0.1) is 0 Å². The van der Waals surface area contributed by atoms with Crippen LogP contribution in [0.5, 0.6) is 0 Å². The van der Waals surface area contributed by atoms with Crippen LogP contribution >= 0.6 is 11.6 Å². The molecule has 3 rings (SSSR count). The summed E-state index contributed by atoms with van der Waals surface area (Å²) in [5, 5.41) is 6.31. The fraction of sp³-hybridized carbons (Fsp3) is 0. The zero-order chi connectivity index (χ0) is 12.4. The molecule has 3 aromatic rings. The van der Waals surface area contributed by atoms with Crippen LogP contribution in [0.25, 0.3) is 10.8 Å². The van der Waals surface area contributed by atoms with Gasteiger partial charge in [-0.3, -0.25) is 0 Å². The smallest absolute Gasteiger partial charge is 0.138 e. The monoisotopic (exact) mass is 272 g/mol. The summed E-state index contributed by atoms with van der Waals surface area (Å²) in [6, 6.07) is 17.8. The standard InChI is InChI=1S/C15H11ClN2.H2O/c16-12-5-7-13(8-6-12)18-15-14-4-2-1-3-11(14)9-10-17-15;/h1-10H,(H,17,18);1H2. The number of nitrogens with one attached hydrogen (secondary N) is 1. The molecule has 1 aromatic heterocycles. The summed E-state index contributed by atoms with van der Waals surface area (Å²) in [6.45, 7) is 0. The van der Waals surface area contributed by atoms with Crippen LogP contribution in [-0.2, 0) is 0 Å². The highest BCUT2D eigenvalue weighted by atomic mass is 35.5. The molecular weight excluding hydrogens is 260 g/mol. The minimum Gasteiger partial charge on any atom is -0.412 e. The maximum Gasteiger partial charge on any atom is 0.138 e. The number of pyridine rings is 1. The van der Waals surface area contributed by atoms with Crippen molar-refractivity contribution >= 4 is 33.9 Å². The van der Waals surface area contributed by atoms with E-state index in [0.29, 0.717) is 0 Å². The van der Waals surface area contributed by atoms with E-state index in [1.54, 1.807) is 6.20 Å². The molecular formula is C15H13ClN2O. The van der Waals surface area contributed by atoms with E-state index in [1.807, 2.05) is 42.5 Å². The van der Waals surface area contributed by atoms with Gasteiger partial charge < -0.3 is 10.8 Å². The molecule has 0 radical (unpaired) electrons. The molecule has 0 aliphatic heterocycles. The highest BCUT2D eigenvalue weighted by Crippen LogP contribution is 2.24. The summed E-state index contributed by atoms with van der Waals surface area (Å²) < 4.78 is 0. The summed E-state index contributed by atoms with van der Waals surface area (Å²) in [5.41, 5.74) is 0.975. The molecule has 4 heteroatoms. The number of rotatable bonds is 2. The second-order valence-electron chi connectivity index (χ2n) is 4.01. The summed E-state index contributed by atoms with van der Waals surface area (Å²) in [5.74, 6) is 0.857. The Bertz CT molecular complexity index is 678. The maximum atomic E-state index is 5.87. The first kappa shape index (κ1) is 13.3. The third-order valence-corrected chi connectivity index (χ3v) is 3.03. The second kappa shape index (κ2) is 5.69. The van der Waals surface area contributed by atoms with Gasteiger partial charge in [-0.05, 0) is 35.7 Å². The van der Waals surface area contributed by atoms with Gasteiger partial charge in [-0.2, -0.15) is 0 Å². The van der Waals surface area contributed by atoms with Crippen LogP contribution < -0.4 is 5.32 Å². The SMILES string of the molecule is Clc1ccc(Nc2nccc3ccccc23)cc1.O. The fourth-order valence-electron chi connectivity index (χ4n) is 1.89. The van der Waals surface area contributed by atoms with E-state index in [4.69, 9.17) is 11.6 Å². The molecule has 96 valence electrons. The van der Waals surface area contributed by atoms with Gasteiger partial charge in [0.1, 0.15) is 5.82 Å². The summed E-state index contributed by atoms with van der Waals surface area (Å²) in [4.78, 5) is 4.38. The molecule has 0 aliphatic rings. The van der Waals surface area contributed by atoms with Gasteiger partial charge in [0.25, 0.3) is 0 Å². The molecule has 0 fully saturated rings. The van der Waals surface area contributed by atoms with Crippen LogP contribution in [0.3, 0.4) is 0 Å². The van der Waals surface area contributed by atoms with E-state index in [-0.39, 0.29) is 5.48 Å². The fourth-order valence-corrected chi connectivity index (χ4v) is 2.02. The molecule has 0 bridgehead atoms. The van der Waals surface area contributed by atoms with Gasteiger partial charge in [0, 0.05) is 22.3 Å². The zero-order valence-corrected chi connectivity index (χ0v) is 10.9. The lowest BCUT2D eigenvalue weighted by atomic mass is 10.1. The van der Waals surface area contributed by atoms with Crippen molar-refractivity contribution in [3.8, 4) is 0 Å². The van der Waals surface area contributed by atoms with Crippen LogP contribution in [0.1, 0.15) is 0 Å².